The quantitative estimate of drug-likeness (QED) is 0.914. The van der Waals surface area contributed by atoms with Crippen molar-refractivity contribution in [3.63, 3.8) is 0 Å². The average Bonchev–Trinajstić information content (AvgIpc) is 2.71. The summed E-state index contributed by atoms with van der Waals surface area (Å²) in [5.41, 5.74) is 1.43. The molecule has 3 heteroatoms. The zero-order chi connectivity index (χ0) is 12.5. The van der Waals surface area contributed by atoms with Crippen LogP contribution in [0.25, 0.3) is 10.1 Å². The Kier molecular flexibility index (Phi) is 3.37. The summed E-state index contributed by atoms with van der Waals surface area (Å²) < 4.78 is 1.37. The number of aliphatic hydroxyl groups excluding tert-OH is 1. The van der Waals surface area contributed by atoms with Gasteiger partial charge in [-0.05, 0) is 48.2 Å². The summed E-state index contributed by atoms with van der Waals surface area (Å²) in [4.78, 5) is 2.38. The highest BCUT2D eigenvalue weighted by Crippen LogP contribution is 2.30. The molecule has 0 atom stereocenters. The van der Waals surface area contributed by atoms with E-state index in [4.69, 9.17) is 0 Å². The van der Waals surface area contributed by atoms with Gasteiger partial charge in [0.05, 0.1) is 6.10 Å². The lowest BCUT2D eigenvalue weighted by Crippen LogP contribution is -2.36. The van der Waals surface area contributed by atoms with Gasteiger partial charge in [0.2, 0.25) is 0 Å². The Morgan fingerprint density at radius 3 is 2.89 bits per heavy atom. The molecule has 1 heterocycles. The number of hydrogen-bond acceptors (Lipinski definition) is 3. The smallest absolute Gasteiger partial charge is 0.0546 e. The number of hydrogen-bond donors (Lipinski definition) is 1. The number of rotatable bonds is 4. The second-order valence-electron chi connectivity index (χ2n) is 5.45. The lowest BCUT2D eigenvalue weighted by Gasteiger charge is -2.34. The summed E-state index contributed by atoms with van der Waals surface area (Å²) in [5, 5.41) is 13.0. The zero-order valence-corrected chi connectivity index (χ0v) is 11.5. The van der Waals surface area contributed by atoms with Crippen LogP contribution in [0, 0.1) is 5.92 Å². The van der Waals surface area contributed by atoms with Gasteiger partial charge in [-0.2, -0.15) is 0 Å². The molecule has 0 amide bonds. The molecule has 1 aliphatic carbocycles. The molecule has 96 valence electrons. The normalized spacial score (nSPS) is 23.5. The first-order valence-electron chi connectivity index (χ1n) is 6.54. The van der Waals surface area contributed by atoms with E-state index in [1.165, 1.54) is 15.6 Å². The van der Waals surface area contributed by atoms with Crippen LogP contribution in [0.4, 0.5) is 0 Å². The molecular formula is C15H19NOS. The van der Waals surface area contributed by atoms with Crippen molar-refractivity contribution in [2.24, 2.45) is 5.92 Å². The molecule has 18 heavy (non-hydrogen) atoms. The lowest BCUT2D eigenvalue weighted by atomic mass is 9.82. The summed E-state index contributed by atoms with van der Waals surface area (Å²) in [5.74, 6) is 0.690. The number of thiophene rings is 1. The van der Waals surface area contributed by atoms with Gasteiger partial charge >= 0.3 is 0 Å². The molecule has 1 fully saturated rings. The average molecular weight is 261 g/mol. The standard InChI is InChI=1S/C15H19NOS/c1-16(8-11-6-13(17)7-11)9-12-10-18-15-5-3-2-4-14(12)15/h2-5,10-11,13,17H,6-9H2,1H3. The van der Waals surface area contributed by atoms with Crippen molar-refractivity contribution < 1.29 is 5.11 Å². The lowest BCUT2D eigenvalue weighted by molar-refractivity contribution is 0.0274. The number of benzene rings is 1. The first-order valence-corrected chi connectivity index (χ1v) is 7.42. The van der Waals surface area contributed by atoms with Crippen LogP contribution in [0.15, 0.2) is 29.6 Å². The Hall–Kier alpha value is -0.900. The van der Waals surface area contributed by atoms with Crippen LogP contribution in [0.1, 0.15) is 18.4 Å². The Morgan fingerprint density at radius 1 is 1.33 bits per heavy atom. The second kappa shape index (κ2) is 5.00. The highest BCUT2D eigenvalue weighted by atomic mass is 32.1. The van der Waals surface area contributed by atoms with Crippen LogP contribution >= 0.6 is 11.3 Å². The molecule has 0 bridgehead atoms. The van der Waals surface area contributed by atoms with E-state index >= 15 is 0 Å². The molecule has 1 N–H and O–H groups in total. The second-order valence-corrected chi connectivity index (χ2v) is 6.36. The predicted octanol–water partition coefficient (Wildman–Crippen LogP) is 3.10. The largest absolute Gasteiger partial charge is 0.393 e. The molecule has 0 saturated heterocycles. The van der Waals surface area contributed by atoms with E-state index in [0.29, 0.717) is 5.92 Å². The monoisotopic (exact) mass is 261 g/mol. The van der Waals surface area contributed by atoms with Crippen LogP contribution in [0.3, 0.4) is 0 Å². The van der Waals surface area contributed by atoms with Gasteiger partial charge in [0.25, 0.3) is 0 Å². The third kappa shape index (κ3) is 2.44. The molecular weight excluding hydrogens is 242 g/mol. The van der Waals surface area contributed by atoms with Crippen molar-refractivity contribution in [3.8, 4) is 0 Å². The predicted molar refractivity (Wildman–Crippen MR) is 76.9 cm³/mol. The van der Waals surface area contributed by atoms with Gasteiger partial charge in [0.15, 0.2) is 0 Å². The van der Waals surface area contributed by atoms with Crippen molar-refractivity contribution in [2.45, 2.75) is 25.5 Å². The fraction of sp³-hybridized carbons (Fsp3) is 0.467. The van der Waals surface area contributed by atoms with Gasteiger partial charge in [0, 0.05) is 17.8 Å². The molecule has 3 rings (SSSR count). The summed E-state index contributed by atoms with van der Waals surface area (Å²) >= 11 is 1.83. The van der Waals surface area contributed by atoms with E-state index in [2.05, 4.69) is 41.6 Å². The first kappa shape index (κ1) is 12.2. The molecule has 0 spiro atoms. The van der Waals surface area contributed by atoms with Gasteiger partial charge in [0.1, 0.15) is 0 Å². The molecule has 0 unspecified atom stereocenters. The van der Waals surface area contributed by atoms with Gasteiger partial charge < -0.3 is 10.0 Å². The van der Waals surface area contributed by atoms with Crippen molar-refractivity contribution in [1.82, 2.24) is 4.90 Å². The van der Waals surface area contributed by atoms with Crippen molar-refractivity contribution >= 4 is 21.4 Å². The first-order chi connectivity index (χ1) is 8.72. The van der Waals surface area contributed by atoms with Crippen LogP contribution in [-0.4, -0.2) is 29.7 Å². The molecule has 1 aromatic heterocycles. The fourth-order valence-corrected chi connectivity index (χ4v) is 3.75. The van der Waals surface area contributed by atoms with Crippen molar-refractivity contribution in [3.05, 3.63) is 35.2 Å². The van der Waals surface area contributed by atoms with Gasteiger partial charge in [-0.15, -0.1) is 11.3 Å². The summed E-state index contributed by atoms with van der Waals surface area (Å²) in [6.07, 6.45) is 1.93. The van der Waals surface area contributed by atoms with E-state index in [0.717, 1.165) is 25.9 Å². The van der Waals surface area contributed by atoms with Gasteiger partial charge in [-0.1, -0.05) is 18.2 Å². The topological polar surface area (TPSA) is 23.5 Å². The Labute approximate surface area is 112 Å². The minimum absolute atomic E-state index is 0.0367. The number of aliphatic hydroxyl groups is 1. The highest BCUT2D eigenvalue weighted by molar-refractivity contribution is 7.17. The summed E-state index contributed by atoms with van der Waals surface area (Å²) in [6, 6.07) is 8.61. The van der Waals surface area contributed by atoms with Crippen molar-refractivity contribution in [2.75, 3.05) is 13.6 Å². The Morgan fingerprint density at radius 2 is 2.11 bits per heavy atom. The molecule has 0 radical (unpaired) electrons. The van der Waals surface area contributed by atoms with Crippen LogP contribution in [0.2, 0.25) is 0 Å². The SMILES string of the molecule is CN(Cc1csc2ccccc12)CC1CC(O)C1. The minimum atomic E-state index is -0.0367. The minimum Gasteiger partial charge on any atom is -0.393 e. The Balaban J connectivity index is 1.65. The molecule has 0 aliphatic heterocycles. The van der Waals surface area contributed by atoms with E-state index < -0.39 is 0 Å². The molecule has 1 saturated carbocycles. The maximum atomic E-state index is 9.31. The fourth-order valence-electron chi connectivity index (χ4n) is 2.80. The van der Waals surface area contributed by atoms with Gasteiger partial charge in [-0.25, -0.2) is 0 Å². The maximum absolute atomic E-state index is 9.31. The van der Waals surface area contributed by atoms with E-state index in [1.807, 2.05) is 11.3 Å². The van der Waals surface area contributed by atoms with E-state index in [9.17, 15) is 5.11 Å². The van der Waals surface area contributed by atoms with Crippen LogP contribution < -0.4 is 0 Å². The maximum Gasteiger partial charge on any atom is 0.0546 e. The molecule has 1 aromatic carbocycles. The van der Waals surface area contributed by atoms with Crippen LogP contribution in [0.5, 0.6) is 0 Å². The van der Waals surface area contributed by atoms with Crippen LogP contribution in [-0.2, 0) is 6.54 Å². The van der Waals surface area contributed by atoms with E-state index in [-0.39, 0.29) is 6.10 Å². The number of nitrogens with zero attached hydrogens (tertiary/aromatic N) is 1. The summed E-state index contributed by atoms with van der Waals surface area (Å²) in [7, 11) is 2.18. The third-order valence-corrected chi connectivity index (χ3v) is 4.79. The summed E-state index contributed by atoms with van der Waals surface area (Å²) in [6.45, 7) is 2.11. The third-order valence-electron chi connectivity index (χ3n) is 3.78. The highest BCUT2D eigenvalue weighted by Gasteiger charge is 2.27. The Bertz CT molecular complexity index is 530. The molecule has 2 nitrogen and oxygen atoms in total. The number of fused-ring (bicyclic) bond motifs is 1. The molecule has 1 aliphatic rings. The molecule has 2 aromatic rings. The van der Waals surface area contributed by atoms with Gasteiger partial charge in [-0.3, -0.25) is 0 Å². The zero-order valence-electron chi connectivity index (χ0n) is 10.7. The van der Waals surface area contributed by atoms with Crippen molar-refractivity contribution in [1.29, 1.82) is 0 Å². The van der Waals surface area contributed by atoms with E-state index in [1.54, 1.807) is 0 Å².